The highest BCUT2D eigenvalue weighted by Gasteiger charge is 2.10. The predicted molar refractivity (Wildman–Crippen MR) is 74.1 cm³/mol. The first-order chi connectivity index (χ1) is 9.60. The van der Waals surface area contributed by atoms with Crippen molar-refractivity contribution in [2.24, 2.45) is 5.73 Å². The number of pyridine rings is 1. The van der Waals surface area contributed by atoms with Gasteiger partial charge in [0.2, 0.25) is 5.88 Å². The molecule has 1 atom stereocenters. The lowest BCUT2D eigenvalue weighted by Crippen LogP contribution is -2.09. The van der Waals surface area contributed by atoms with Gasteiger partial charge in [0.05, 0.1) is 12.8 Å². The second-order valence-electron chi connectivity index (χ2n) is 4.43. The zero-order valence-electron chi connectivity index (χ0n) is 11.5. The predicted octanol–water partition coefficient (Wildman–Crippen LogP) is 2.83. The fraction of sp³-hybridized carbons (Fsp3) is 0.267. The first-order valence-electron chi connectivity index (χ1n) is 6.28. The van der Waals surface area contributed by atoms with E-state index in [1.807, 2.05) is 19.1 Å². The number of hydrogen-bond acceptors (Lipinski definition) is 4. The molecule has 1 aromatic carbocycles. The van der Waals surface area contributed by atoms with Crippen molar-refractivity contribution < 1.29 is 13.9 Å². The normalized spacial score (nSPS) is 12.0. The lowest BCUT2D eigenvalue weighted by molar-refractivity contribution is 0.292. The summed E-state index contributed by atoms with van der Waals surface area (Å²) >= 11 is 0. The molecular formula is C15H17FN2O2. The van der Waals surface area contributed by atoms with E-state index in [0.717, 1.165) is 5.56 Å². The molecule has 0 saturated carbocycles. The molecule has 0 aliphatic heterocycles. The van der Waals surface area contributed by atoms with Gasteiger partial charge in [-0.05, 0) is 19.1 Å². The Hall–Kier alpha value is -2.14. The molecule has 0 aliphatic carbocycles. The van der Waals surface area contributed by atoms with Crippen LogP contribution in [-0.2, 0) is 6.61 Å². The number of hydrogen-bond donors (Lipinski definition) is 1. The Kier molecular flexibility index (Phi) is 4.53. The van der Waals surface area contributed by atoms with Crippen LogP contribution in [0.4, 0.5) is 4.39 Å². The van der Waals surface area contributed by atoms with Gasteiger partial charge in [0.1, 0.15) is 18.2 Å². The van der Waals surface area contributed by atoms with Crippen molar-refractivity contribution >= 4 is 0 Å². The highest BCUT2D eigenvalue weighted by molar-refractivity contribution is 5.36. The number of nitrogens with two attached hydrogens (primary N) is 1. The SMILES string of the molecule is COc1cccc(COc2cc(F)ccc2[C@@H](C)N)n1. The molecule has 0 bridgehead atoms. The van der Waals surface area contributed by atoms with Crippen LogP contribution in [0.25, 0.3) is 0 Å². The zero-order chi connectivity index (χ0) is 14.5. The topological polar surface area (TPSA) is 57.4 Å². The molecule has 4 nitrogen and oxygen atoms in total. The first-order valence-corrected chi connectivity index (χ1v) is 6.28. The van der Waals surface area contributed by atoms with E-state index in [1.54, 1.807) is 19.2 Å². The van der Waals surface area contributed by atoms with Crippen LogP contribution in [0.1, 0.15) is 24.2 Å². The van der Waals surface area contributed by atoms with E-state index in [-0.39, 0.29) is 18.5 Å². The van der Waals surface area contributed by atoms with Crippen LogP contribution in [0.3, 0.4) is 0 Å². The quantitative estimate of drug-likeness (QED) is 0.912. The lowest BCUT2D eigenvalue weighted by atomic mass is 10.1. The van der Waals surface area contributed by atoms with E-state index in [1.165, 1.54) is 12.1 Å². The molecule has 1 heterocycles. The van der Waals surface area contributed by atoms with Gasteiger partial charge in [-0.1, -0.05) is 12.1 Å². The highest BCUT2D eigenvalue weighted by atomic mass is 19.1. The molecule has 0 amide bonds. The summed E-state index contributed by atoms with van der Waals surface area (Å²) in [5.41, 5.74) is 7.30. The number of benzene rings is 1. The summed E-state index contributed by atoms with van der Waals surface area (Å²) in [6, 6.07) is 9.49. The van der Waals surface area contributed by atoms with E-state index in [4.69, 9.17) is 15.2 Å². The molecule has 106 valence electrons. The van der Waals surface area contributed by atoms with Crippen molar-refractivity contribution in [3.05, 3.63) is 53.5 Å². The fourth-order valence-corrected chi connectivity index (χ4v) is 1.81. The Morgan fingerprint density at radius 2 is 2.10 bits per heavy atom. The van der Waals surface area contributed by atoms with Gasteiger partial charge in [0.15, 0.2) is 0 Å². The summed E-state index contributed by atoms with van der Waals surface area (Å²) in [7, 11) is 1.55. The number of nitrogens with zero attached hydrogens (tertiary/aromatic N) is 1. The molecule has 0 saturated heterocycles. The Morgan fingerprint density at radius 3 is 2.80 bits per heavy atom. The Balaban J connectivity index is 2.15. The molecule has 0 fully saturated rings. The number of aromatic nitrogens is 1. The summed E-state index contributed by atoms with van der Waals surface area (Å²) in [4.78, 5) is 4.23. The van der Waals surface area contributed by atoms with Crippen LogP contribution >= 0.6 is 0 Å². The minimum absolute atomic E-state index is 0.223. The Bertz CT molecular complexity index is 588. The van der Waals surface area contributed by atoms with E-state index in [2.05, 4.69) is 4.98 Å². The van der Waals surface area contributed by atoms with Gasteiger partial charge in [-0.25, -0.2) is 9.37 Å². The Morgan fingerprint density at radius 1 is 1.30 bits per heavy atom. The molecule has 2 aromatic rings. The number of methoxy groups -OCH3 is 1. The fourth-order valence-electron chi connectivity index (χ4n) is 1.81. The minimum Gasteiger partial charge on any atom is -0.487 e. The van der Waals surface area contributed by atoms with E-state index in [0.29, 0.717) is 17.3 Å². The van der Waals surface area contributed by atoms with Crippen molar-refractivity contribution in [1.29, 1.82) is 0 Å². The lowest BCUT2D eigenvalue weighted by Gasteiger charge is -2.14. The molecule has 0 radical (unpaired) electrons. The van der Waals surface area contributed by atoms with E-state index < -0.39 is 0 Å². The van der Waals surface area contributed by atoms with Gasteiger partial charge < -0.3 is 15.2 Å². The summed E-state index contributed by atoms with van der Waals surface area (Å²) in [5.74, 6) is 0.588. The van der Waals surface area contributed by atoms with Crippen molar-refractivity contribution in [2.75, 3.05) is 7.11 Å². The molecule has 5 heteroatoms. The molecule has 0 unspecified atom stereocenters. The largest absolute Gasteiger partial charge is 0.487 e. The van der Waals surface area contributed by atoms with E-state index >= 15 is 0 Å². The van der Waals surface area contributed by atoms with Gasteiger partial charge >= 0.3 is 0 Å². The monoisotopic (exact) mass is 276 g/mol. The molecule has 0 spiro atoms. The van der Waals surface area contributed by atoms with Crippen molar-refractivity contribution in [3.8, 4) is 11.6 Å². The zero-order valence-corrected chi connectivity index (χ0v) is 11.5. The maximum Gasteiger partial charge on any atom is 0.213 e. The van der Waals surface area contributed by atoms with Gasteiger partial charge in [0.25, 0.3) is 0 Å². The second-order valence-corrected chi connectivity index (χ2v) is 4.43. The van der Waals surface area contributed by atoms with Crippen LogP contribution in [0, 0.1) is 5.82 Å². The minimum atomic E-state index is -0.358. The van der Waals surface area contributed by atoms with Crippen LogP contribution in [0.2, 0.25) is 0 Å². The van der Waals surface area contributed by atoms with Gasteiger partial charge in [0, 0.05) is 23.7 Å². The molecule has 2 N–H and O–H groups in total. The third kappa shape index (κ3) is 3.45. The van der Waals surface area contributed by atoms with Gasteiger partial charge in [-0.15, -0.1) is 0 Å². The third-order valence-electron chi connectivity index (χ3n) is 2.83. The summed E-state index contributed by atoms with van der Waals surface area (Å²) in [5, 5.41) is 0. The highest BCUT2D eigenvalue weighted by Crippen LogP contribution is 2.25. The number of ether oxygens (including phenoxy) is 2. The third-order valence-corrected chi connectivity index (χ3v) is 2.83. The summed E-state index contributed by atoms with van der Waals surface area (Å²) in [6.45, 7) is 2.05. The van der Waals surface area contributed by atoms with Crippen molar-refractivity contribution in [2.45, 2.75) is 19.6 Å². The average molecular weight is 276 g/mol. The molecule has 0 aliphatic rings. The van der Waals surface area contributed by atoms with E-state index in [9.17, 15) is 4.39 Å². The van der Waals surface area contributed by atoms with Crippen LogP contribution in [0.15, 0.2) is 36.4 Å². The van der Waals surface area contributed by atoms with Crippen LogP contribution in [-0.4, -0.2) is 12.1 Å². The summed E-state index contributed by atoms with van der Waals surface area (Å²) < 4.78 is 24.0. The second kappa shape index (κ2) is 6.34. The van der Waals surface area contributed by atoms with Gasteiger partial charge in [-0.3, -0.25) is 0 Å². The van der Waals surface area contributed by atoms with Crippen LogP contribution in [0.5, 0.6) is 11.6 Å². The number of rotatable bonds is 5. The van der Waals surface area contributed by atoms with Crippen molar-refractivity contribution in [3.63, 3.8) is 0 Å². The molecular weight excluding hydrogens is 259 g/mol. The smallest absolute Gasteiger partial charge is 0.213 e. The molecule has 2 rings (SSSR count). The maximum absolute atomic E-state index is 13.3. The standard InChI is InChI=1S/C15H17FN2O2/c1-10(17)13-7-6-11(16)8-14(13)20-9-12-4-3-5-15(18-12)19-2/h3-8,10H,9,17H2,1-2H3/t10-/m1/s1. The Labute approximate surface area is 117 Å². The molecule has 20 heavy (non-hydrogen) atoms. The number of halogens is 1. The van der Waals surface area contributed by atoms with Gasteiger partial charge in [-0.2, -0.15) is 0 Å². The van der Waals surface area contributed by atoms with Crippen LogP contribution < -0.4 is 15.2 Å². The average Bonchev–Trinajstić information content (AvgIpc) is 2.45. The van der Waals surface area contributed by atoms with Crippen molar-refractivity contribution in [1.82, 2.24) is 4.98 Å². The molecule has 1 aromatic heterocycles. The maximum atomic E-state index is 13.3. The first kappa shape index (κ1) is 14.3. The summed E-state index contributed by atoms with van der Waals surface area (Å²) in [6.07, 6.45) is 0.